The summed E-state index contributed by atoms with van der Waals surface area (Å²) in [6.45, 7) is 4.58. The number of nitrogens with one attached hydrogen (secondary N) is 1. The number of amides is 1. The number of Topliss-reactive ketones (excluding diaryl/α,β-unsaturated/α-hetero) is 1. The Hall–Kier alpha value is -5.11. The molecule has 0 spiro atoms. The molecule has 1 aromatic heterocycles. The SMILES string of the molecule is CCOc1cc(C2C(=C([O-])c3ccc(OCc4cccc(C)c4)cc3)C(=O)C(=O)N2Cc2cc[nH+]cc2)ccc1O. The zero-order chi connectivity index (χ0) is 28.9. The third kappa shape index (κ3) is 5.91. The quantitative estimate of drug-likeness (QED) is 0.192. The number of ketones is 1. The summed E-state index contributed by atoms with van der Waals surface area (Å²) in [6, 6.07) is 21.7. The number of ether oxygens (including phenoxy) is 2. The molecule has 8 nitrogen and oxygen atoms in total. The van der Waals surface area contributed by atoms with Crippen molar-refractivity contribution in [3.8, 4) is 17.2 Å². The molecule has 0 radical (unpaired) electrons. The van der Waals surface area contributed by atoms with Crippen LogP contribution >= 0.6 is 0 Å². The lowest BCUT2D eigenvalue weighted by molar-refractivity contribution is -0.378. The van der Waals surface area contributed by atoms with Crippen LogP contribution < -0.4 is 19.6 Å². The molecule has 1 unspecified atom stereocenters. The summed E-state index contributed by atoms with van der Waals surface area (Å²) in [4.78, 5) is 31.0. The van der Waals surface area contributed by atoms with Gasteiger partial charge in [-0.05, 0) is 60.4 Å². The molecular weight excluding hydrogens is 520 g/mol. The van der Waals surface area contributed by atoms with Gasteiger partial charge in [0, 0.05) is 24.3 Å². The van der Waals surface area contributed by atoms with Crippen molar-refractivity contribution in [3.05, 3.63) is 125 Å². The minimum Gasteiger partial charge on any atom is -0.872 e. The van der Waals surface area contributed by atoms with Crippen LogP contribution in [0.1, 0.15) is 40.8 Å². The van der Waals surface area contributed by atoms with Crippen LogP contribution in [0.15, 0.2) is 96.8 Å². The van der Waals surface area contributed by atoms with Crippen LogP contribution in [0, 0.1) is 6.92 Å². The number of aromatic amines is 1. The number of carbonyl (C=O) groups is 2. The van der Waals surface area contributed by atoms with E-state index in [1.165, 1.54) is 11.0 Å². The maximum Gasteiger partial charge on any atom is 0.295 e. The van der Waals surface area contributed by atoms with E-state index in [0.29, 0.717) is 24.5 Å². The van der Waals surface area contributed by atoms with Gasteiger partial charge in [-0.15, -0.1) is 0 Å². The van der Waals surface area contributed by atoms with Gasteiger partial charge in [0.1, 0.15) is 12.4 Å². The fraction of sp³-hybridized carbons (Fsp3) is 0.182. The van der Waals surface area contributed by atoms with Crippen molar-refractivity contribution in [2.75, 3.05) is 6.61 Å². The van der Waals surface area contributed by atoms with Gasteiger partial charge in [0.2, 0.25) is 5.78 Å². The van der Waals surface area contributed by atoms with Gasteiger partial charge >= 0.3 is 0 Å². The highest BCUT2D eigenvalue weighted by molar-refractivity contribution is 6.46. The van der Waals surface area contributed by atoms with E-state index in [1.54, 1.807) is 67.8 Å². The van der Waals surface area contributed by atoms with Crippen molar-refractivity contribution in [1.29, 1.82) is 0 Å². The predicted octanol–water partition coefficient (Wildman–Crippen LogP) is 3.92. The largest absolute Gasteiger partial charge is 0.872 e. The number of rotatable bonds is 9. The summed E-state index contributed by atoms with van der Waals surface area (Å²) in [5, 5.41) is 24.1. The second kappa shape index (κ2) is 12.0. The number of pyridine rings is 1. The molecule has 2 heterocycles. The molecule has 1 saturated heterocycles. The lowest BCUT2D eigenvalue weighted by Gasteiger charge is -2.28. The van der Waals surface area contributed by atoms with Gasteiger partial charge in [-0.2, -0.15) is 0 Å². The smallest absolute Gasteiger partial charge is 0.295 e. The van der Waals surface area contributed by atoms with Crippen LogP contribution in [0.2, 0.25) is 0 Å². The van der Waals surface area contributed by atoms with Gasteiger partial charge in [0.25, 0.3) is 5.91 Å². The van der Waals surface area contributed by atoms with Crippen molar-refractivity contribution in [2.45, 2.75) is 33.0 Å². The number of hydrogen-bond acceptors (Lipinski definition) is 6. The second-order valence-corrected chi connectivity index (χ2v) is 9.78. The first-order valence-electron chi connectivity index (χ1n) is 13.3. The minimum atomic E-state index is -0.969. The molecule has 1 aliphatic rings. The number of H-pyrrole nitrogens is 1. The number of aromatic hydroxyl groups is 1. The van der Waals surface area contributed by atoms with E-state index in [0.717, 1.165) is 16.7 Å². The van der Waals surface area contributed by atoms with Crippen LogP contribution in [0.25, 0.3) is 5.76 Å². The summed E-state index contributed by atoms with van der Waals surface area (Å²) in [5.41, 5.74) is 3.52. The Morgan fingerprint density at radius 3 is 2.41 bits per heavy atom. The number of phenolic OH excluding ortho intramolecular Hbond substituents is 1. The molecule has 8 heteroatoms. The highest BCUT2D eigenvalue weighted by atomic mass is 16.5. The van der Waals surface area contributed by atoms with Crippen molar-refractivity contribution in [3.63, 3.8) is 0 Å². The van der Waals surface area contributed by atoms with E-state index in [-0.39, 0.29) is 29.2 Å². The minimum absolute atomic E-state index is 0.0782. The van der Waals surface area contributed by atoms with Crippen molar-refractivity contribution in [1.82, 2.24) is 4.90 Å². The van der Waals surface area contributed by atoms with E-state index >= 15 is 0 Å². The molecule has 2 N–H and O–H groups in total. The van der Waals surface area contributed by atoms with Crippen LogP contribution in [0.4, 0.5) is 0 Å². The van der Waals surface area contributed by atoms with Gasteiger partial charge in [-0.1, -0.05) is 53.8 Å². The average Bonchev–Trinajstić information content (AvgIpc) is 3.23. The molecule has 4 aromatic rings. The van der Waals surface area contributed by atoms with E-state index in [1.807, 2.05) is 31.2 Å². The number of likely N-dealkylation sites (tertiary alicyclic amines) is 1. The molecule has 5 rings (SSSR count). The third-order valence-electron chi connectivity index (χ3n) is 6.87. The number of phenols is 1. The lowest BCUT2D eigenvalue weighted by Crippen LogP contribution is -2.29. The zero-order valence-corrected chi connectivity index (χ0v) is 22.8. The highest BCUT2D eigenvalue weighted by Gasteiger charge is 2.44. The van der Waals surface area contributed by atoms with Gasteiger partial charge in [-0.25, -0.2) is 4.98 Å². The number of aryl methyl sites for hydroxylation is 1. The van der Waals surface area contributed by atoms with E-state index in [2.05, 4.69) is 4.98 Å². The first-order valence-corrected chi connectivity index (χ1v) is 13.3. The molecule has 0 aliphatic carbocycles. The standard InChI is InChI=1S/C33H30N2O6/c1-3-40-28-18-25(9-12-27(28)36)30-29(32(38)33(39)35(30)19-22-13-15-34-16-14-22)31(37)24-7-10-26(11-8-24)41-20-23-6-4-5-21(2)17-23/h4-18,30,36-37H,3,19-20H2,1-2H3. The second-order valence-electron chi connectivity index (χ2n) is 9.78. The average molecular weight is 551 g/mol. The molecule has 208 valence electrons. The Bertz CT molecular complexity index is 1600. The summed E-state index contributed by atoms with van der Waals surface area (Å²) >= 11 is 0. The molecule has 0 bridgehead atoms. The van der Waals surface area contributed by atoms with Gasteiger partial charge in [-0.3, -0.25) is 9.59 Å². The summed E-state index contributed by atoms with van der Waals surface area (Å²) in [5.74, 6) is -1.48. The molecule has 41 heavy (non-hydrogen) atoms. The number of benzene rings is 3. The number of carbonyl (C=O) groups excluding carboxylic acids is 2. The molecule has 1 amide bonds. The maximum atomic E-state index is 13.8. The monoisotopic (exact) mass is 550 g/mol. The topological polar surface area (TPSA) is 113 Å². The fourth-order valence-electron chi connectivity index (χ4n) is 4.90. The van der Waals surface area contributed by atoms with Gasteiger partial charge in [0.15, 0.2) is 23.9 Å². The molecular formula is C33H30N2O6. The van der Waals surface area contributed by atoms with Crippen LogP contribution in [0.5, 0.6) is 17.2 Å². The highest BCUT2D eigenvalue weighted by Crippen LogP contribution is 2.42. The zero-order valence-electron chi connectivity index (χ0n) is 22.8. The fourth-order valence-corrected chi connectivity index (χ4v) is 4.90. The van der Waals surface area contributed by atoms with Crippen molar-refractivity contribution < 1.29 is 34.3 Å². The Balaban J connectivity index is 1.50. The Morgan fingerprint density at radius 1 is 0.951 bits per heavy atom. The summed E-state index contributed by atoms with van der Waals surface area (Å²) in [6.07, 6.45) is 3.44. The number of hydrogen-bond donors (Lipinski definition) is 1. The third-order valence-corrected chi connectivity index (χ3v) is 6.87. The van der Waals surface area contributed by atoms with E-state index in [4.69, 9.17) is 9.47 Å². The van der Waals surface area contributed by atoms with E-state index in [9.17, 15) is 19.8 Å². The van der Waals surface area contributed by atoms with Gasteiger partial charge < -0.3 is 24.6 Å². The lowest BCUT2D eigenvalue weighted by atomic mass is 9.94. The molecule has 3 aromatic carbocycles. The molecule has 1 aliphatic heterocycles. The number of nitrogens with zero attached hydrogens (tertiary/aromatic N) is 1. The van der Waals surface area contributed by atoms with Crippen LogP contribution in [-0.4, -0.2) is 28.3 Å². The molecule has 1 fully saturated rings. The van der Waals surface area contributed by atoms with Crippen molar-refractivity contribution >= 4 is 17.4 Å². The van der Waals surface area contributed by atoms with E-state index < -0.39 is 23.5 Å². The first-order chi connectivity index (χ1) is 19.9. The van der Waals surface area contributed by atoms with Crippen LogP contribution in [-0.2, 0) is 22.7 Å². The summed E-state index contributed by atoms with van der Waals surface area (Å²) in [7, 11) is 0. The maximum absolute atomic E-state index is 13.8. The van der Waals surface area contributed by atoms with Crippen molar-refractivity contribution in [2.24, 2.45) is 0 Å². The normalized spacial score (nSPS) is 16.1. The van der Waals surface area contributed by atoms with Gasteiger partial charge in [0.05, 0.1) is 12.6 Å². The first kappa shape index (κ1) is 27.5. The molecule has 0 saturated carbocycles. The Kier molecular flexibility index (Phi) is 8.01. The Morgan fingerprint density at radius 2 is 1.71 bits per heavy atom. The Labute approximate surface area is 238 Å². The predicted molar refractivity (Wildman–Crippen MR) is 149 cm³/mol. The summed E-state index contributed by atoms with van der Waals surface area (Å²) < 4.78 is 11.4. The number of aromatic nitrogens is 1. The van der Waals surface area contributed by atoms with Crippen LogP contribution in [0.3, 0.4) is 0 Å². The molecule has 1 atom stereocenters.